The van der Waals surface area contributed by atoms with E-state index in [1.54, 1.807) is 24.3 Å². The number of hydrogen-bond donors (Lipinski definition) is 2. The molecule has 0 fully saturated rings. The summed E-state index contributed by atoms with van der Waals surface area (Å²) in [7, 11) is 0. The molecule has 2 rings (SSSR count). The van der Waals surface area contributed by atoms with Gasteiger partial charge in [0.1, 0.15) is 5.82 Å². The van der Waals surface area contributed by atoms with Gasteiger partial charge in [0.05, 0.1) is 6.10 Å². The summed E-state index contributed by atoms with van der Waals surface area (Å²) in [6.45, 7) is 2.18. The minimum atomic E-state index is -0.821. The highest BCUT2D eigenvalue weighted by atomic mass is 35.5. The first-order valence-corrected chi connectivity index (χ1v) is 6.80. The van der Waals surface area contributed by atoms with Gasteiger partial charge in [-0.15, -0.1) is 0 Å². The Kier molecular flexibility index (Phi) is 4.76. The molecule has 0 amide bonds. The highest BCUT2D eigenvalue weighted by Crippen LogP contribution is 2.34. The molecule has 0 aliphatic rings. The van der Waals surface area contributed by atoms with Gasteiger partial charge >= 0.3 is 0 Å². The van der Waals surface area contributed by atoms with E-state index in [0.717, 1.165) is 11.1 Å². The molecule has 2 aromatic rings. The lowest BCUT2D eigenvalue weighted by atomic mass is 9.89. The monoisotopic (exact) mass is 293 g/mol. The van der Waals surface area contributed by atoms with Gasteiger partial charge in [0.2, 0.25) is 0 Å². The number of halogens is 2. The zero-order chi connectivity index (χ0) is 14.7. The Morgan fingerprint density at radius 2 is 1.85 bits per heavy atom. The Bertz CT molecular complexity index is 586. The zero-order valence-electron chi connectivity index (χ0n) is 11.2. The predicted molar refractivity (Wildman–Crippen MR) is 79.3 cm³/mol. The molecule has 0 aromatic heterocycles. The van der Waals surface area contributed by atoms with Crippen LogP contribution in [0.15, 0.2) is 42.5 Å². The van der Waals surface area contributed by atoms with Crippen LogP contribution in [-0.4, -0.2) is 11.7 Å². The number of aliphatic hydroxyl groups is 1. The number of aryl methyl sites for hydroxylation is 1. The molecule has 0 spiro atoms. The van der Waals surface area contributed by atoms with Gasteiger partial charge < -0.3 is 10.8 Å². The van der Waals surface area contributed by atoms with Crippen LogP contribution >= 0.6 is 11.6 Å². The fourth-order valence-corrected chi connectivity index (χ4v) is 2.59. The van der Waals surface area contributed by atoms with Crippen LogP contribution in [0, 0.1) is 12.7 Å². The Morgan fingerprint density at radius 3 is 2.40 bits per heavy atom. The minimum absolute atomic E-state index is 0.247. The van der Waals surface area contributed by atoms with Gasteiger partial charge in [-0.2, -0.15) is 0 Å². The highest BCUT2D eigenvalue weighted by Gasteiger charge is 2.23. The maximum atomic E-state index is 13.0. The van der Waals surface area contributed by atoms with Gasteiger partial charge in [-0.25, -0.2) is 4.39 Å². The van der Waals surface area contributed by atoms with Gasteiger partial charge in [0.15, 0.2) is 0 Å². The van der Waals surface area contributed by atoms with Gasteiger partial charge in [-0.3, -0.25) is 0 Å². The lowest BCUT2D eigenvalue weighted by Gasteiger charge is -2.23. The summed E-state index contributed by atoms with van der Waals surface area (Å²) in [6.07, 6.45) is -0.821. The Labute approximate surface area is 123 Å². The minimum Gasteiger partial charge on any atom is -0.388 e. The van der Waals surface area contributed by atoms with Crippen LogP contribution in [0.5, 0.6) is 0 Å². The normalized spacial score (nSPS) is 14.1. The largest absolute Gasteiger partial charge is 0.388 e. The molecule has 20 heavy (non-hydrogen) atoms. The molecule has 0 aliphatic carbocycles. The van der Waals surface area contributed by atoms with Crippen LogP contribution in [0.25, 0.3) is 0 Å². The average Bonchev–Trinajstić information content (AvgIpc) is 2.41. The zero-order valence-corrected chi connectivity index (χ0v) is 11.9. The Morgan fingerprint density at radius 1 is 1.20 bits per heavy atom. The van der Waals surface area contributed by atoms with E-state index in [9.17, 15) is 9.50 Å². The van der Waals surface area contributed by atoms with Crippen molar-refractivity contribution in [3.05, 3.63) is 70.0 Å². The Hall–Kier alpha value is -1.42. The number of nitrogens with two attached hydrogens (primary N) is 1. The number of aliphatic hydroxyl groups excluding tert-OH is 1. The summed E-state index contributed by atoms with van der Waals surface area (Å²) in [5.74, 6) is -0.636. The lowest BCUT2D eigenvalue weighted by Crippen LogP contribution is -2.20. The molecule has 2 unspecified atom stereocenters. The van der Waals surface area contributed by atoms with Crippen molar-refractivity contribution in [3.8, 4) is 0 Å². The molecule has 0 bridgehead atoms. The molecule has 0 saturated heterocycles. The summed E-state index contributed by atoms with van der Waals surface area (Å²) in [5, 5.41) is 11.0. The van der Waals surface area contributed by atoms with E-state index in [4.69, 9.17) is 17.3 Å². The molecule has 106 valence electrons. The van der Waals surface area contributed by atoms with Crippen molar-refractivity contribution >= 4 is 11.6 Å². The van der Waals surface area contributed by atoms with Gasteiger partial charge in [-0.05, 0) is 41.8 Å². The molecule has 2 nitrogen and oxygen atoms in total. The van der Waals surface area contributed by atoms with E-state index in [0.29, 0.717) is 10.6 Å². The summed E-state index contributed by atoms with van der Waals surface area (Å²) in [4.78, 5) is 0. The van der Waals surface area contributed by atoms with Crippen molar-refractivity contribution in [3.63, 3.8) is 0 Å². The highest BCUT2D eigenvalue weighted by molar-refractivity contribution is 6.31. The number of rotatable bonds is 4. The van der Waals surface area contributed by atoms with Crippen LogP contribution in [0.2, 0.25) is 5.02 Å². The van der Waals surface area contributed by atoms with Crippen molar-refractivity contribution in [2.45, 2.75) is 18.9 Å². The second kappa shape index (κ2) is 6.35. The third-order valence-corrected chi connectivity index (χ3v) is 3.74. The quantitative estimate of drug-likeness (QED) is 0.905. The molecule has 0 heterocycles. The van der Waals surface area contributed by atoms with Gasteiger partial charge in [0, 0.05) is 17.5 Å². The summed E-state index contributed by atoms with van der Waals surface area (Å²) >= 11 is 6.18. The second-order valence-electron chi connectivity index (χ2n) is 4.86. The van der Waals surface area contributed by atoms with Crippen LogP contribution in [-0.2, 0) is 0 Å². The molecule has 0 aliphatic heterocycles. The predicted octanol–water partition coefficient (Wildman–Crippen LogP) is 3.56. The van der Waals surface area contributed by atoms with E-state index < -0.39 is 6.10 Å². The summed E-state index contributed by atoms with van der Waals surface area (Å²) < 4.78 is 13.0. The van der Waals surface area contributed by atoms with E-state index in [-0.39, 0.29) is 18.3 Å². The van der Waals surface area contributed by atoms with Crippen molar-refractivity contribution in [2.75, 3.05) is 6.54 Å². The first kappa shape index (κ1) is 15.0. The topological polar surface area (TPSA) is 46.2 Å². The molecule has 0 radical (unpaired) electrons. The fourth-order valence-electron chi connectivity index (χ4n) is 2.25. The van der Waals surface area contributed by atoms with Crippen LogP contribution in [0.1, 0.15) is 28.7 Å². The molecule has 3 N–H and O–H groups in total. The summed E-state index contributed by atoms with van der Waals surface area (Å²) in [5.41, 5.74) is 8.22. The molecule has 4 heteroatoms. The van der Waals surface area contributed by atoms with Gasteiger partial charge in [-0.1, -0.05) is 35.9 Å². The van der Waals surface area contributed by atoms with Crippen LogP contribution in [0.4, 0.5) is 4.39 Å². The third kappa shape index (κ3) is 3.18. The van der Waals surface area contributed by atoms with Crippen molar-refractivity contribution in [1.82, 2.24) is 0 Å². The first-order valence-electron chi connectivity index (χ1n) is 6.42. The molecular weight excluding hydrogens is 277 g/mol. The van der Waals surface area contributed by atoms with Crippen LogP contribution < -0.4 is 5.73 Å². The number of benzene rings is 2. The van der Waals surface area contributed by atoms with E-state index in [2.05, 4.69) is 0 Å². The standard InChI is InChI=1S/C16H17ClFNO/c1-10-2-7-13(15(17)8-10)16(20)14(9-19)11-3-5-12(18)6-4-11/h2-8,14,16,20H,9,19H2,1H3. The Balaban J connectivity index is 2.33. The third-order valence-electron chi connectivity index (χ3n) is 3.41. The first-order chi connectivity index (χ1) is 9.52. The fraction of sp³-hybridized carbons (Fsp3) is 0.250. The maximum absolute atomic E-state index is 13.0. The average molecular weight is 294 g/mol. The lowest BCUT2D eigenvalue weighted by molar-refractivity contribution is 0.147. The summed E-state index contributed by atoms with van der Waals surface area (Å²) in [6, 6.07) is 11.5. The maximum Gasteiger partial charge on any atom is 0.123 e. The molecule has 2 atom stereocenters. The SMILES string of the molecule is Cc1ccc(C(O)C(CN)c2ccc(F)cc2)c(Cl)c1. The smallest absolute Gasteiger partial charge is 0.123 e. The molecular formula is C16H17ClFNO. The number of hydrogen-bond acceptors (Lipinski definition) is 2. The molecule has 2 aromatic carbocycles. The van der Waals surface area contributed by atoms with Gasteiger partial charge in [0.25, 0.3) is 0 Å². The van der Waals surface area contributed by atoms with Crippen molar-refractivity contribution in [2.24, 2.45) is 5.73 Å². The van der Waals surface area contributed by atoms with Crippen molar-refractivity contribution in [1.29, 1.82) is 0 Å². The van der Waals surface area contributed by atoms with Crippen LogP contribution in [0.3, 0.4) is 0 Å². The van der Waals surface area contributed by atoms with E-state index in [1.165, 1.54) is 12.1 Å². The molecule has 0 saturated carbocycles. The van der Waals surface area contributed by atoms with Crippen molar-refractivity contribution < 1.29 is 9.50 Å². The van der Waals surface area contributed by atoms with E-state index >= 15 is 0 Å². The van der Waals surface area contributed by atoms with E-state index in [1.807, 2.05) is 13.0 Å². The second-order valence-corrected chi connectivity index (χ2v) is 5.27.